The molecule has 0 unspecified atom stereocenters. The van der Waals surface area contributed by atoms with Crippen molar-refractivity contribution in [3.63, 3.8) is 0 Å². The quantitative estimate of drug-likeness (QED) is 0.494. The number of nitrogens with one attached hydrogen (secondary N) is 1. The molecule has 34 heavy (non-hydrogen) atoms. The van der Waals surface area contributed by atoms with Gasteiger partial charge in [0.1, 0.15) is 5.57 Å². The zero-order valence-corrected chi connectivity index (χ0v) is 21.1. The Labute approximate surface area is 201 Å². The van der Waals surface area contributed by atoms with E-state index in [2.05, 4.69) is 50.0 Å². The number of barbiturate groups is 1. The zero-order chi connectivity index (χ0) is 24.9. The SMILES string of the molecule is CCN1c2cc(C)c(/C=C3\C(=O)NC(=O)N(c4cc(C)cc(C)c4)C3=O)cc2[C@H](C)CC1(C)C. The Bertz CT molecular complexity index is 1220. The first-order chi connectivity index (χ1) is 15.9. The van der Waals surface area contributed by atoms with E-state index in [1.54, 1.807) is 18.2 Å². The van der Waals surface area contributed by atoms with E-state index in [-0.39, 0.29) is 11.1 Å². The third-order valence-corrected chi connectivity index (χ3v) is 6.96. The van der Waals surface area contributed by atoms with Crippen LogP contribution >= 0.6 is 0 Å². The topological polar surface area (TPSA) is 69.7 Å². The minimum absolute atomic E-state index is 0.0436. The predicted octanol–water partition coefficient (Wildman–Crippen LogP) is 5.39. The molecule has 0 aromatic heterocycles. The summed E-state index contributed by atoms with van der Waals surface area (Å²) in [7, 11) is 0. The molecule has 0 saturated carbocycles. The maximum absolute atomic E-state index is 13.4. The van der Waals surface area contributed by atoms with Crippen LogP contribution in [-0.4, -0.2) is 29.9 Å². The van der Waals surface area contributed by atoms with Crippen molar-refractivity contribution >= 4 is 35.3 Å². The summed E-state index contributed by atoms with van der Waals surface area (Å²) in [5, 5.41) is 2.34. The van der Waals surface area contributed by atoms with Gasteiger partial charge >= 0.3 is 6.03 Å². The Morgan fingerprint density at radius 3 is 2.29 bits per heavy atom. The van der Waals surface area contributed by atoms with Gasteiger partial charge in [-0.15, -0.1) is 0 Å². The normalized spacial score (nSPS) is 21.1. The Morgan fingerprint density at radius 2 is 1.68 bits per heavy atom. The molecule has 0 radical (unpaired) electrons. The van der Waals surface area contributed by atoms with Crippen molar-refractivity contribution in [2.45, 2.75) is 66.3 Å². The minimum atomic E-state index is -0.728. The van der Waals surface area contributed by atoms with Gasteiger partial charge in [0.05, 0.1) is 5.69 Å². The smallest absolute Gasteiger partial charge is 0.335 e. The number of aryl methyl sites for hydroxylation is 3. The highest BCUT2D eigenvalue weighted by molar-refractivity contribution is 6.39. The molecule has 4 amide bonds. The average molecular weight is 460 g/mol. The maximum atomic E-state index is 13.4. The van der Waals surface area contributed by atoms with Gasteiger partial charge in [-0.25, -0.2) is 9.69 Å². The molecule has 6 heteroatoms. The van der Waals surface area contributed by atoms with Crippen LogP contribution in [0.5, 0.6) is 0 Å². The van der Waals surface area contributed by atoms with Gasteiger partial charge in [0, 0.05) is 17.8 Å². The largest absolute Gasteiger partial charge is 0.366 e. The number of nitrogens with zero attached hydrogens (tertiary/aromatic N) is 2. The maximum Gasteiger partial charge on any atom is 0.335 e. The Hall–Kier alpha value is -3.41. The fourth-order valence-corrected chi connectivity index (χ4v) is 5.53. The zero-order valence-electron chi connectivity index (χ0n) is 21.1. The van der Waals surface area contributed by atoms with Crippen molar-refractivity contribution < 1.29 is 14.4 Å². The molecule has 2 aromatic carbocycles. The number of fused-ring (bicyclic) bond motifs is 1. The van der Waals surface area contributed by atoms with Gasteiger partial charge in [0.15, 0.2) is 0 Å². The van der Waals surface area contributed by atoms with Crippen LogP contribution in [0.1, 0.15) is 67.9 Å². The van der Waals surface area contributed by atoms with Crippen LogP contribution in [-0.2, 0) is 9.59 Å². The van der Waals surface area contributed by atoms with Crippen molar-refractivity contribution in [3.05, 3.63) is 63.7 Å². The lowest BCUT2D eigenvalue weighted by Crippen LogP contribution is -2.54. The minimum Gasteiger partial charge on any atom is -0.366 e. The second-order valence-corrected chi connectivity index (χ2v) is 10.2. The Morgan fingerprint density at radius 1 is 1.03 bits per heavy atom. The predicted molar refractivity (Wildman–Crippen MR) is 136 cm³/mol. The van der Waals surface area contributed by atoms with Crippen LogP contribution in [0, 0.1) is 20.8 Å². The number of benzene rings is 2. The second kappa shape index (κ2) is 8.42. The van der Waals surface area contributed by atoms with E-state index < -0.39 is 17.8 Å². The molecule has 4 rings (SSSR count). The van der Waals surface area contributed by atoms with Crippen LogP contribution < -0.4 is 15.1 Å². The molecule has 1 fully saturated rings. The van der Waals surface area contributed by atoms with Gasteiger partial charge in [-0.05, 0) is 112 Å². The fraction of sp³-hybridized carbons (Fsp3) is 0.393. The first kappa shape index (κ1) is 23.7. The molecule has 2 aliphatic rings. The summed E-state index contributed by atoms with van der Waals surface area (Å²) >= 11 is 0. The molecular formula is C28H33N3O3. The second-order valence-electron chi connectivity index (χ2n) is 10.2. The van der Waals surface area contributed by atoms with Crippen LogP contribution in [0.3, 0.4) is 0 Å². The molecule has 1 N–H and O–H groups in total. The number of amides is 4. The summed E-state index contributed by atoms with van der Waals surface area (Å²) in [5.41, 5.74) is 6.54. The number of carbonyl (C=O) groups excluding carboxylic acids is 3. The lowest BCUT2D eigenvalue weighted by Gasteiger charge is -2.47. The van der Waals surface area contributed by atoms with Crippen molar-refractivity contribution in [1.82, 2.24) is 5.32 Å². The molecule has 6 nitrogen and oxygen atoms in total. The number of urea groups is 1. The van der Waals surface area contributed by atoms with Crippen molar-refractivity contribution in [3.8, 4) is 0 Å². The number of hydrogen-bond donors (Lipinski definition) is 1. The number of imide groups is 2. The number of rotatable bonds is 3. The standard InChI is InChI=1S/C28H33N3O3/c1-8-30-24-12-18(4)20(13-22(24)19(5)15-28(30,6)7)14-23-25(32)29-27(34)31(26(23)33)21-10-16(2)9-17(3)11-21/h9-14,19H,8,15H2,1-7H3,(H,29,32,34)/b23-14+/t19-/m1/s1. The van der Waals surface area contributed by atoms with E-state index in [1.165, 1.54) is 11.3 Å². The number of hydrogen-bond acceptors (Lipinski definition) is 4. The van der Waals surface area contributed by atoms with Gasteiger partial charge < -0.3 is 4.90 Å². The van der Waals surface area contributed by atoms with E-state index in [0.717, 1.165) is 40.1 Å². The lowest BCUT2D eigenvalue weighted by atomic mass is 9.79. The van der Waals surface area contributed by atoms with Gasteiger partial charge in [-0.1, -0.05) is 13.0 Å². The number of carbonyl (C=O) groups is 3. The van der Waals surface area contributed by atoms with E-state index >= 15 is 0 Å². The molecule has 0 aliphatic carbocycles. The highest BCUT2D eigenvalue weighted by Gasteiger charge is 2.38. The number of anilines is 2. The first-order valence-corrected chi connectivity index (χ1v) is 11.8. The molecule has 1 atom stereocenters. The molecule has 1 saturated heterocycles. The molecule has 2 heterocycles. The Kier molecular flexibility index (Phi) is 5.88. The molecule has 0 bridgehead atoms. The first-order valence-electron chi connectivity index (χ1n) is 11.8. The lowest BCUT2D eigenvalue weighted by molar-refractivity contribution is -0.122. The summed E-state index contributed by atoms with van der Waals surface area (Å²) < 4.78 is 0. The third-order valence-electron chi connectivity index (χ3n) is 6.96. The summed E-state index contributed by atoms with van der Waals surface area (Å²) in [6.45, 7) is 15.6. The van der Waals surface area contributed by atoms with Crippen LogP contribution in [0.25, 0.3) is 6.08 Å². The van der Waals surface area contributed by atoms with Crippen LogP contribution in [0.4, 0.5) is 16.2 Å². The summed E-state index contributed by atoms with van der Waals surface area (Å²) in [6.07, 6.45) is 2.64. The van der Waals surface area contributed by atoms with Gasteiger partial charge in [0.25, 0.3) is 11.8 Å². The van der Waals surface area contributed by atoms with E-state index in [9.17, 15) is 14.4 Å². The van der Waals surface area contributed by atoms with E-state index in [1.807, 2.05) is 26.8 Å². The molecule has 2 aromatic rings. The molecule has 2 aliphatic heterocycles. The summed E-state index contributed by atoms with van der Waals surface area (Å²) in [4.78, 5) is 42.2. The molecule has 178 valence electrons. The summed E-state index contributed by atoms with van der Waals surface area (Å²) in [6, 6.07) is 9.03. The van der Waals surface area contributed by atoms with E-state index in [4.69, 9.17) is 0 Å². The van der Waals surface area contributed by atoms with Crippen LogP contribution in [0.15, 0.2) is 35.9 Å². The van der Waals surface area contributed by atoms with Gasteiger partial charge in [-0.3, -0.25) is 14.9 Å². The van der Waals surface area contributed by atoms with Gasteiger partial charge in [-0.2, -0.15) is 0 Å². The monoisotopic (exact) mass is 459 g/mol. The highest BCUT2D eigenvalue weighted by atomic mass is 16.2. The summed E-state index contributed by atoms with van der Waals surface area (Å²) in [5.74, 6) is -0.938. The molecular weight excluding hydrogens is 426 g/mol. The van der Waals surface area contributed by atoms with E-state index in [0.29, 0.717) is 11.6 Å². The van der Waals surface area contributed by atoms with Crippen molar-refractivity contribution in [2.24, 2.45) is 0 Å². The highest BCUT2D eigenvalue weighted by Crippen LogP contribution is 2.44. The third kappa shape index (κ3) is 4.02. The van der Waals surface area contributed by atoms with Crippen molar-refractivity contribution in [1.29, 1.82) is 0 Å². The van der Waals surface area contributed by atoms with Crippen LogP contribution in [0.2, 0.25) is 0 Å². The Balaban J connectivity index is 1.79. The fourth-order valence-electron chi connectivity index (χ4n) is 5.53. The van der Waals surface area contributed by atoms with Gasteiger partial charge in [0.2, 0.25) is 0 Å². The average Bonchev–Trinajstić information content (AvgIpc) is 2.70. The van der Waals surface area contributed by atoms with Crippen molar-refractivity contribution in [2.75, 3.05) is 16.3 Å². The molecule has 0 spiro atoms.